The molecule has 3 amide bonds. The van der Waals surface area contributed by atoms with Gasteiger partial charge < -0.3 is 15.1 Å². The molecule has 2 unspecified atom stereocenters. The van der Waals surface area contributed by atoms with E-state index >= 15 is 0 Å². The Morgan fingerprint density at radius 1 is 1.26 bits per heavy atom. The summed E-state index contributed by atoms with van der Waals surface area (Å²) in [4.78, 5) is 43.6. The third-order valence-electron chi connectivity index (χ3n) is 6.32. The first kappa shape index (κ1) is 21.6. The summed E-state index contributed by atoms with van der Waals surface area (Å²) >= 11 is 1.57. The van der Waals surface area contributed by atoms with Crippen LogP contribution >= 0.6 is 11.3 Å². The van der Waals surface area contributed by atoms with Crippen molar-refractivity contribution in [2.24, 2.45) is 5.92 Å². The van der Waals surface area contributed by atoms with Gasteiger partial charge in [-0.2, -0.15) is 0 Å². The second kappa shape index (κ2) is 8.83. The Balaban J connectivity index is 1.50. The molecule has 1 aliphatic heterocycles. The zero-order chi connectivity index (χ0) is 22.1. The molecule has 7 heteroatoms. The molecule has 31 heavy (non-hydrogen) atoms. The van der Waals surface area contributed by atoms with Gasteiger partial charge in [-0.1, -0.05) is 25.5 Å². The van der Waals surface area contributed by atoms with Gasteiger partial charge in [-0.25, -0.2) is 0 Å². The van der Waals surface area contributed by atoms with Crippen molar-refractivity contribution in [2.45, 2.75) is 52.0 Å². The summed E-state index contributed by atoms with van der Waals surface area (Å²) in [5.74, 6) is 0.268. The molecule has 1 N–H and O–H groups in total. The minimum atomic E-state index is -0.292. The Morgan fingerprint density at radius 2 is 2.03 bits per heavy atom. The van der Waals surface area contributed by atoms with E-state index in [9.17, 15) is 14.4 Å². The Kier molecular flexibility index (Phi) is 6.14. The molecule has 0 saturated carbocycles. The van der Waals surface area contributed by atoms with Gasteiger partial charge in [-0.3, -0.25) is 14.4 Å². The predicted molar refractivity (Wildman–Crippen MR) is 124 cm³/mol. The highest BCUT2D eigenvalue weighted by Crippen LogP contribution is 2.34. The molecule has 164 valence electrons. The summed E-state index contributed by atoms with van der Waals surface area (Å²) in [5.41, 5.74) is 2.59. The number of nitrogens with zero attached hydrogens (tertiary/aromatic N) is 2. The van der Waals surface area contributed by atoms with E-state index in [1.807, 2.05) is 31.2 Å². The molecule has 2 atom stereocenters. The lowest BCUT2D eigenvalue weighted by Crippen LogP contribution is -2.45. The van der Waals surface area contributed by atoms with Gasteiger partial charge in [0.05, 0.1) is 16.3 Å². The van der Waals surface area contributed by atoms with Gasteiger partial charge in [0, 0.05) is 24.4 Å². The fourth-order valence-electron chi connectivity index (χ4n) is 4.56. The SMILES string of the molecule is CCC1CCc2sc(C(=O)N(C)CC(=O)N3c4ccccc4NC(=O)CC3C)cc2C1. The number of anilines is 2. The highest BCUT2D eigenvalue weighted by molar-refractivity contribution is 7.14. The average Bonchev–Trinajstić information content (AvgIpc) is 3.11. The van der Waals surface area contributed by atoms with E-state index in [-0.39, 0.29) is 36.7 Å². The minimum absolute atomic E-state index is 0.0359. The predicted octanol–water partition coefficient (Wildman–Crippen LogP) is 4.10. The number of fused-ring (bicyclic) bond motifs is 2. The van der Waals surface area contributed by atoms with E-state index in [4.69, 9.17) is 0 Å². The highest BCUT2D eigenvalue weighted by atomic mass is 32.1. The zero-order valence-electron chi connectivity index (χ0n) is 18.3. The van der Waals surface area contributed by atoms with Gasteiger partial charge in [0.1, 0.15) is 6.54 Å². The van der Waals surface area contributed by atoms with Gasteiger partial charge in [0.2, 0.25) is 11.8 Å². The largest absolute Gasteiger partial charge is 0.332 e. The van der Waals surface area contributed by atoms with Gasteiger partial charge in [-0.15, -0.1) is 11.3 Å². The quantitative estimate of drug-likeness (QED) is 0.780. The van der Waals surface area contributed by atoms with Crippen LogP contribution in [0.1, 0.15) is 53.2 Å². The Hall–Kier alpha value is -2.67. The summed E-state index contributed by atoms with van der Waals surface area (Å²) in [7, 11) is 1.67. The number of rotatable bonds is 4. The van der Waals surface area contributed by atoms with Crippen LogP contribution < -0.4 is 10.2 Å². The number of likely N-dealkylation sites (N-methyl/N-ethyl adjacent to an activating group) is 1. The molecule has 1 aliphatic carbocycles. The first-order valence-corrected chi connectivity index (χ1v) is 11.8. The van der Waals surface area contributed by atoms with E-state index in [1.54, 1.807) is 29.4 Å². The number of carbonyl (C=O) groups excluding carboxylic acids is 3. The first-order chi connectivity index (χ1) is 14.9. The van der Waals surface area contributed by atoms with E-state index in [0.717, 1.165) is 12.8 Å². The van der Waals surface area contributed by atoms with Crippen molar-refractivity contribution in [3.8, 4) is 0 Å². The van der Waals surface area contributed by atoms with Crippen molar-refractivity contribution in [2.75, 3.05) is 23.8 Å². The summed E-state index contributed by atoms with van der Waals surface area (Å²) in [6.07, 6.45) is 4.65. The van der Waals surface area contributed by atoms with Crippen LogP contribution in [0.15, 0.2) is 30.3 Å². The fourth-order valence-corrected chi connectivity index (χ4v) is 5.76. The van der Waals surface area contributed by atoms with Crippen LogP contribution in [0.4, 0.5) is 11.4 Å². The fraction of sp³-hybridized carbons (Fsp3) is 0.458. The minimum Gasteiger partial charge on any atom is -0.332 e. The van der Waals surface area contributed by atoms with E-state index in [0.29, 0.717) is 22.2 Å². The topological polar surface area (TPSA) is 69.7 Å². The Bertz CT molecular complexity index is 1020. The standard InChI is InChI=1S/C24H29N3O3S/c1-4-16-9-10-20-17(12-16)13-21(31-20)24(30)26(3)14-23(29)27-15(2)11-22(28)25-18-7-5-6-8-19(18)27/h5-8,13,15-16H,4,9-12,14H2,1-3H3,(H,25,28). The molecule has 0 saturated heterocycles. The molecule has 1 aromatic carbocycles. The molecule has 0 fully saturated rings. The summed E-state index contributed by atoms with van der Waals surface area (Å²) in [6.45, 7) is 4.04. The Labute approximate surface area is 187 Å². The van der Waals surface area contributed by atoms with Crippen molar-refractivity contribution in [1.29, 1.82) is 0 Å². The van der Waals surface area contributed by atoms with Crippen LogP contribution in [0.5, 0.6) is 0 Å². The van der Waals surface area contributed by atoms with Crippen molar-refractivity contribution in [3.63, 3.8) is 0 Å². The smallest absolute Gasteiger partial charge is 0.264 e. The number of thiophene rings is 1. The number of benzene rings is 1. The second-order valence-electron chi connectivity index (χ2n) is 8.62. The lowest BCUT2D eigenvalue weighted by molar-refractivity contribution is -0.119. The molecule has 4 rings (SSSR count). The van der Waals surface area contributed by atoms with Crippen LogP contribution in [0.25, 0.3) is 0 Å². The van der Waals surface area contributed by atoms with Gasteiger partial charge in [-0.05, 0) is 55.9 Å². The molecule has 2 heterocycles. The average molecular weight is 440 g/mol. The molecule has 0 radical (unpaired) electrons. The van der Waals surface area contributed by atoms with Gasteiger partial charge in [0.25, 0.3) is 5.91 Å². The van der Waals surface area contributed by atoms with Gasteiger partial charge in [0.15, 0.2) is 0 Å². The summed E-state index contributed by atoms with van der Waals surface area (Å²) in [5, 5.41) is 2.86. The van der Waals surface area contributed by atoms with E-state index < -0.39 is 0 Å². The number of amides is 3. The third-order valence-corrected chi connectivity index (χ3v) is 7.55. The molecular weight excluding hydrogens is 410 g/mol. The summed E-state index contributed by atoms with van der Waals surface area (Å²) in [6, 6.07) is 9.03. The second-order valence-corrected chi connectivity index (χ2v) is 9.76. The first-order valence-electron chi connectivity index (χ1n) is 10.9. The van der Waals surface area contributed by atoms with Gasteiger partial charge >= 0.3 is 0 Å². The van der Waals surface area contributed by atoms with Crippen LogP contribution in [0.3, 0.4) is 0 Å². The molecule has 0 spiro atoms. The molecular formula is C24H29N3O3S. The van der Waals surface area contributed by atoms with Crippen LogP contribution in [-0.2, 0) is 22.4 Å². The van der Waals surface area contributed by atoms with Crippen molar-refractivity contribution in [1.82, 2.24) is 4.90 Å². The maximum atomic E-state index is 13.2. The molecule has 2 aliphatic rings. The Morgan fingerprint density at radius 3 is 2.81 bits per heavy atom. The normalized spacial score (nSPS) is 20.4. The summed E-state index contributed by atoms with van der Waals surface area (Å²) < 4.78 is 0. The maximum Gasteiger partial charge on any atom is 0.264 e. The molecule has 0 bridgehead atoms. The number of carbonyl (C=O) groups is 3. The van der Waals surface area contributed by atoms with E-state index in [2.05, 4.69) is 12.2 Å². The highest BCUT2D eigenvalue weighted by Gasteiger charge is 2.31. The van der Waals surface area contributed by atoms with Crippen LogP contribution in [0, 0.1) is 5.92 Å². The molecule has 1 aromatic heterocycles. The third kappa shape index (κ3) is 4.37. The van der Waals surface area contributed by atoms with Crippen molar-refractivity contribution < 1.29 is 14.4 Å². The maximum absolute atomic E-state index is 13.2. The van der Waals surface area contributed by atoms with Crippen molar-refractivity contribution in [3.05, 3.63) is 45.6 Å². The lowest BCUT2D eigenvalue weighted by atomic mass is 9.87. The zero-order valence-corrected chi connectivity index (χ0v) is 19.1. The number of hydrogen-bond acceptors (Lipinski definition) is 4. The number of para-hydroxylation sites is 2. The number of nitrogens with one attached hydrogen (secondary N) is 1. The van der Waals surface area contributed by atoms with Crippen LogP contribution in [-0.4, -0.2) is 42.3 Å². The number of aryl methyl sites for hydroxylation is 1. The monoisotopic (exact) mass is 439 g/mol. The molecule has 2 aromatic rings. The lowest BCUT2D eigenvalue weighted by Gasteiger charge is -2.29. The van der Waals surface area contributed by atoms with Crippen LogP contribution in [0.2, 0.25) is 0 Å². The van der Waals surface area contributed by atoms with Crippen molar-refractivity contribution >= 4 is 40.4 Å². The number of hydrogen-bond donors (Lipinski definition) is 1. The molecule has 6 nitrogen and oxygen atoms in total. The van der Waals surface area contributed by atoms with E-state index in [1.165, 1.54) is 28.2 Å².